The summed E-state index contributed by atoms with van der Waals surface area (Å²) in [7, 11) is 0. The highest BCUT2D eigenvalue weighted by Crippen LogP contribution is 2.15. The van der Waals surface area contributed by atoms with E-state index in [0.29, 0.717) is 12.2 Å². The molecule has 0 radical (unpaired) electrons. The number of aryl methyl sites for hydroxylation is 1. The number of terminal acetylenes is 1. The summed E-state index contributed by atoms with van der Waals surface area (Å²) >= 11 is 0. The topological polar surface area (TPSA) is 43.6 Å². The van der Waals surface area contributed by atoms with Gasteiger partial charge >= 0.3 is 0 Å². The molecule has 1 aromatic carbocycles. The Balaban J connectivity index is 1.79. The first-order valence-corrected chi connectivity index (χ1v) is 6.63. The predicted molar refractivity (Wildman–Crippen MR) is 81.5 cm³/mol. The monoisotopic (exact) mass is 274 g/mol. The minimum Gasteiger partial charge on any atom is -0.247 e. The van der Waals surface area contributed by atoms with Crippen molar-refractivity contribution in [1.82, 2.24) is 20.0 Å². The van der Waals surface area contributed by atoms with Crippen molar-refractivity contribution in [3.8, 4) is 23.6 Å². The van der Waals surface area contributed by atoms with Crippen LogP contribution in [0.4, 0.5) is 0 Å². The Morgan fingerprint density at radius 3 is 2.62 bits per heavy atom. The van der Waals surface area contributed by atoms with Crippen LogP contribution in [0.2, 0.25) is 0 Å². The number of aromatic nitrogens is 4. The smallest absolute Gasteiger partial charge is 0.114 e. The Morgan fingerprint density at radius 2 is 1.95 bits per heavy atom. The first kappa shape index (κ1) is 13.1. The molecule has 102 valence electrons. The molecule has 0 amide bonds. The molecule has 0 N–H and O–H groups in total. The molecule has 3 rings (SSSR count). The molecule has 0 aliphatic heterocycles. The highest BCUT2D eigenvalue weighted by atomic mass is 15.4. The molecular formula is C17H14N4. The second-order valence-corrected chi connectivity index (χ2v) is 4.86. The fourth-order valence-electron chi connectivity index (χ4n) is 2.02. The van der Waals surface area contributed by atoms with Crippen molar-refractivity contribution in [3.05, 3.63) is 65.6 Å². The summed E-state index contributed by atoms with van der Waals surface area (Å²) in [4.78, 5) is 4.16. The molecule has 3 aromatic rings. The summed E-state index contributed by atoms with van der Waals surface area (Å²) in [5, 5.41) is 8.33. The van der Waals surface area contributed by atoms with Gasteiger partial charge in [0.1, 0.15) is 11.4 Å². The van der Waals surface area contributed by atoms with Gasteiger partial charge in [0.2, 0.25) is 0 Å². The fraction of sp³-hybridized carbons (Fsp3) is 0.118. The summed E-state index contributed by atoms with van der Waals surface area (Å²) in [6.45, 7) is 2.77. The summed E-state index contributed by atoms with van der Waals surface area (Å²) in [6, 6.07) is 12.1. The zero-order chi connectivity index (χ0) is 14.7. The van der Waals surface area contributed by atoms with Gasteiger partial charge in [-0.25, -0.2) is 9.67 Å². The first-order valence-electron chi connectivity index (χ1n) is 6.63. The van der Waals surface area contributed by atoms with Gasteiger partial charge in [0.05, 0.1) is 12.7 Å². The molecule has 0 fully saturated rings. The third kappa shape index (κ3) is 2.98. The molecule has 2 aromatic heterocycles. The average molecular weight is 274 g/mol. The minimum absolute atomic E-state index is 0.616. The molecule has 0 saturated carbocycles. The quantitative estimate of drug-likeness (QED) is 0.690. The minimum atomic E-state index is 0.616. The van der Waals surface area contributed by atoms with Gasteiger partial charge in [0, 0.05) is 11.8 Å². The zero-order valence-electron chi connectivity index (χ0n) is 11.7. The van der Waals surface area contributed by atoms with Crippen molar-refractivity contribution < 1.29 is 0 Å². The van der Waals surface area contributed by atoms with E-state index in [-0.39, 0.29) is 0 Å². The second-order valence-electron chi connectivity index (χ2n) is 4.86. The molecule has 0 saturated heterocycles. The average Bonchev–Trinajstić information content (AvgIpc) is 2.98. The summed E-state index contributed by atoms with van der Waals surface area (Å²) in [5.41, 5.74) is 4.75. The van der Waals surface area contributed by atoms with Crippen LogP contribution in [-0.2, 0) is 6.54 Å². The summed E-state index contributed by atoms with van der Waals surface area (Å²) in [5.74, 6) is 2.50. The molecule has 0 spiro atoms. The molecule has 0 aliphatic carbocycles. The molecule has 21 heavy (non-hydrogen) atoms. The van der Waals surface area contributed by atoms with Crippen LogP contribution in [0.1, 0.15) is 16.8 Å². The van der Waals surface area contributed by atoms with E-state index in [0.717, 1.165) is 11.3 Å². The number of rotatable bonds is 3. The van der Waals surface area contributed by atoms with E-state index in [2.05, 4.69) is 52.4 Å². The molecule has 4 nitrogen and oxygen atoms in total. The Kier molecular flexibility index (Phi) is 3.48. The number of benzene rings is 1. The number of hydrogen-bond donors (Lipinski definition) is 0. The van der Waals surface area contributed by atoms with Crippen LogP contribution in [0.25, 0.3) is 11.3 Å². The standard InChI is InChI=1S/C17H14N4/c1-3-16-9-8-15(10-18-16)17-12-21(20-19-17)11-14-6-4-13(2)5-7-14/h1,4-10,12H,11H2,2H3. The lowest BCUT2D eigenvalue weighted by Crippen LogP contribution is -2.00. The van der Waals surface area contributed by atoms with E-state index in [1.807, 2.05) is 16.9 Å². The lowest BCUT2D eigenvalue weighted by atomic mass is 10.1. The van der Waals surface area contributed by atoms with Crippen LogP contribution in [-0.4, -0.2) is 20.0 Å². The maximum absolute atomic E-state index is 5.29. The largest absolute Gasteiger partial charge is 0.247 e. The van der Waals surface area contributed by atoms with Crippen molar-refractivity contribution in [1.29, 1.82) is 0 Å². The SMILES string of the molecule is C#Cc1ccc(-c2cn(Cc3ccc(C)cc3)nn2)cn1. The number of pyridine rings is 1. The highest BCUT2D eigenvalue weighted by Gasteiger charge is 2.05. The van der Waals surface area contributed by atoms with Crippen LogP contribution in [0.5, 0.6) is 0 Å². The molecular weight excluding hydrogens is 260 g/mol. The van der Waals surface area contributed by atoms with Gasteiger partial charge in [-0.15, -0.1) is 11.5 Å². The van der Waals surface area contributed by atoms with Crippen LogP contribution >= 0.6 is 0 Å². The highest BCUT2D eigenvalue weighted by molar-refractivity contribution is 5.56. The Bertz CT molecular complexity index is 777. The molecule has 0 aliphatic rings. The fourth-order valence-corrected chi connectivity index (χ4v) is 2.02. The zero-order valence-corrected chi connectivity index (χ0v) is 11.7. The molecule has 4 heteroatoms. The van der Waals surface area contributed by atoms with Crippen LogP contribution in [0.15, 0.2) is 48.8 Å². The maximum Gasteiger partial charge on any atom is 0.114 e. The van der Waals surface area contributed by atoms with E-state index >= 15 is 0 Å². The van der Waals surface area contributed by atoms with Crippen molar-refractivity contribution in [3.63, 3.8) is 0 Å². The maximum atomic E-state index is 5.29. The van der Waals surface area contributed by atoms with E-state index in [1.165, 1.54) is 11.1 Å². The Labute approximate surface area is 123 Å². The van der Waals surface area contributed by atoms with Crippen molar-refractivity contribution in [2.45, 2.75) is 13.5 Å². The molecule has 0 bridgehead atoms. The normalized spacial score (nSPS) is 10.3. The summed E-state index contributed by atoms with van der Waals surface area (Å²) < 4.78 is 1.81. The predicted octanol–water partition coefficient (Wildman–Crippen LogP) is 2.68. The van der Waals surface area contributed by atoms with E-state index in [4.69, 9.17) is 6.42 Å². The summed E-state index contributed by atoms with van der Waals surface area (Å²) in [6.07, 6.45) is 8.92. The number of nitrogens with zero attached hydrogens (tertiary/aromatic N) is 4. The Morgan fingerprint density at radius 1 is 1.14 bits per heavy atom. The van der Waals surface area contributed by atoms with E-state index < -0.39 is 0 Å². The van der Waals surface area contributed by atoms with Crippen molar-refractivity contribution in [2.75, 3.05) is 0 Å². The van der Waals surface area contributed by atoms with Gasteiger partial charge in [-0.2, -0.15) is 0 Å². The van der Waals surface area contributed by atoms with E-state index in [1.54, 1.807) is 12.3 Å². The third-order valence-corrected chi connectivity index (χ3v) is 3.21. The van der Waals surface area contributed by atoms with Gasteiger partial charge in [-0.3, -0.25) is 0 Å². The van der Waals surface area contributed by atoms with Crippen molar-refractivity contribution in [2.24, 2.45) is 0 Å². The lowest BCUT2D eigenvalue weighted by Gasteiger charge is -2.01. The van der Waals surface area contributed by atoms with Gasteiger partial charge in [0.15, 0.2) is 0 Å². The first-order chi connectivity index (χ1) is 10.2. The molecule has 0 atom stereocenters. The third-order valence-electron chi connectivity index (χ3n) is 3.21. The lowest BCUT2D eigenvalue weighted by molar-refractivity contribution is 0.649. The second kappa shape index (κ2) is 5.59. The van der Waals surface area contributed by atoms with Gasteiger partial charge in [-0.05, 0) is 24.6 Å². The van der Waals surface area contributed by atoms with Crippen LogP contribution in [0.3, 0.4) is 0 Å². The van der Waals surface area contributed by atoms with Gasteiger partial charge in [-0.1, -0.05) is 41.0 Å². The molecule has 2 heterocycles. The number of hydrogen-bond acceptors (Lipinski definition) is 3. The molecule has 0 unspecified atom stereocenters. The van der Waals surface area contributed by atoms with Crippen molar-refractivity contribution >= 4 is 0 Å². The Hall–Kier alpha value is -2.93. The van der Waals surface area contributed by atoms with Gasteiger partial charge < -0.3 is 0 Å². The van der Waals surface area contributed by atoms with E-state index in [9.17, 15) is 0 Å². The van der Waals surface area contributed by atoms with Gasteiger partial charge in [0.25, 0.3) is 0 Å². The van der Waals surface area contributed by atoms with Crippen LogP contribution < -0.4 is 0 Å². The van der Waals surface area contributed by atoms with Crippen LogP contribution in [0, 0.1) is 19.3 Å².